The third-order valence-electron chi connectivity index (χ3n) is 2.60. The normalized spacial score (nSPS) is 15.3. The number of rotatable bonds is 6. The van der Waals surface area contributed by atoms with Crippen LogP contribution >= 0.6 is 0 Å². The number of nitrogens with one attached hydrogen (secondary N) is 4. The van der Waals surface area contributed by atoms with E-state index < -0.39 is 0 Å². The molecule has 0 radical (unpaired) electrons. The molecule has 0 saturated heterocycles. The molecule has 0 heterocycles. The molecule has 2 amide bonds. The van der Waals surface area contributed by atoms with Crippen molar-refractivity contribution in [2.75, 3.05) is 19.6 Å². The summed E-state index contributed by atoms with van der Waals surface area (Å²) >= 11 is 0. The third kappa shape index (κ3) is 8.88. The van der Waals surface area contributed by atoms with Crippen LogP contribution in [0.5, 0.6) is 0 Å². The summed E-state index contributed by atoms with van der Waals surface area (Å²) in [5.74, 6) is 0.261. The number of aliphatic imine (C=N–C) groups is 1. The maximum atomic E-state index is 11.7. The van der Waals surface area contributed by atoms with Gasteiger partial charge < -0.3 is 21.3 Å². The number of carbonyl (C=O) groups excluding carboxylic acids is 2. The van der Waals surface area contributed by atoms with E-state index in [1.54, 1.807) is 0 Å². The molecule has 0 spiro atoms. The second kappa shape index (κ2) is 7.85. The Bertz CT molecular complexity index is 397. The summed E-state index contributed by atoms with van der Waals surface area (Å²) in [6.07, 6.45) is 2.12. The Hall–Kier alpha value is -1.79. The molecule has 0 aromatic rings. The zero-order valence-electron chi connectivity index (χ0n) is 13.4. The first-order valence-electron chi connectivity index (χ1n) is 7.42. The fraction of sp³-hybridized carbons (Fsp3) is 0.786. The van der Waals surface area contributed by atoms with Gasteiger partial charge in [0.1, 0.15) is 6.54 Å². The van der Waals surface area contributed by atoms with E-state index in [0.29, 0.717) is 18.5 Å². The second-order valence-corrected chi connectivity index (χ2v) is 6.19. The zero-order valence-corrected chi connectivity index (χ0v) is 13.4. The minimum atomic E-state index is -0.275. The number of hydrogen-bond acceptors (Lipinski definition) is 3. The Morgan fingerprint density at radius 3 is 2.33 bits per heavy atom. The molecule has 1 saturated carbocycles. The molecule has 0 aromatic heterocycles. The van der Waals surface area contributed by atoms with Gasteiger partial charge in [-0.2, -0.15) is 0 Å². The molecule has 7 heteroatoms. The molecule has 0 bridgehead atoms. The SMILES string of the molecule is CCNC(=NCC(=O)NC(C)(C)C)NCC(=O)NC1CC1. The molecule has 1 rings (SSSR count). The number of carbonyl (C=O) groups is 2. The third-order valence-corrected chi connectivity index (χ3v) is 2.60. The van der Waals surface area contributed by atoms with E-state index in [-0.39, 0.29) is 30.4 Å². The predicted octanol–water partition coefficient (Wildman–Crippen LogP) is -0.265. The van der Waals surface area contributed by atoms with Crippen molar-refractivity contribution in [3.63, 3.8) is 0 Å². The molecule has 1 aliphatic rings. The molecule has 0 aromatic carbocycles. The first kappa shape index (κ1) is 17.3. The molecular formula is C14H27N5O2. The molecule has 120 valence electrons. The van der Waals surface area contributed by atoms with Gasteiger partial charge in [-0.3, -0.25) is 9.59 Å². The average molecular weight is 297 g/mol. The fourth-order valence-electron chi connectivity index (χ4n) is 1.62. The maximum absolute atomic E-state index is 11.7. The molecule has 7 nitrogen and oxygen atoms in total. The van der Waals surface area contributed by atoms with Crippen LogP contribution in [0.2, 0.25) is 0 Å². The minimum absolute atomic E-state index is 0.0247. The lowest BCUT2D eigenvalue weighted by atomic mass is 10.1. The second-order valence-electron chi connectivity index (χ2n) is 6.19. The van der Waals surface area contributed by atoms with E-state index >= 15 is 0 Å². The van der Waals surface area contributed by atoms with Gasteiger partial charge in [-0.15, -0.1) is 0 Å². The van der Waals surface area contributed by atoms with Crippen molar-refractivity contribution < 1.29 is 9.59 Å². The first-order chi connectivity index (χ1) is 9.80. The molecule has 4 N–H and O–H groups in total. The van der Waals surface area contributed by atoms with E-state index in [1.165, 1.54) is 0 Å². The van der Waals surface area contributed by atoms with Gasteiger partial charge in [0, 0.05) is 18.1 Å². The summed E-state index contributed by atoms with van der Waals surface area (Å²) in [5.41, 5.74) is -0.275. The van der Waals surface area contributed by atoms with Crippen LogP contribution in [0, 0.1) is 0 Å². The highest BCUT2D eigenvalue weighted by Gasteiger charge is 2.23. The van der Waals surface area contributed by atoms with Crippen LogP contribution in [0.3, 0.4) is 0 Å². The molecule has 1 aliphatic carbocycles. The van der Waals surface area contributed by atoms with Gasteiger partial charge in [0.2, 0.25) is 11.8 Å². The maximum Gasteiger partial charge on any atom is 0.242 e. The van der Waals surface area contributed by atoms with Crippen LogP contribution in [0.25, 0.3) is 0 Å². The molecule has 0 unspecified atom stereocenters. The van der Waals surface area contributed by atoms with Crippen LogP contribution in [0.1, 0.15) is 40.5 Å². The summed E-state index contributed by atoms with van der Waals surface area (Å²) in [6, 6.07) is 0.344. The monoisotopic (exact) mass is 297 g/mol. The van der Waals surface area contributed by atoms with Crippen LogP contribution < -0.4 is 21.3 Å². The average Bonchev–Trinajstić information content (AvgIpc) is 3.14. The Balaban J connectivity index is 2.37. The molecular weight excluding hydrogens is 270 g/mol. The summed E-state index contributed by atoms with van der Waals surface area (Å²) in [6.45, 7) is 8.52. The van der Waals surface area contributed by atoms with Gasteiger partial charge in [0.05, 0.1) is 6.54 Å². The van der Waals surface area contributed by atoms with Crippen molar-refractivity contribution in [2.45, 2.75) is 52.1 Å². The predicted molar refractivity (Wildman–Crippen MR) is 83.0 cm³/mol. The number of hydrogen-bond donors (Lipinski definition) is 4. The highest BCUT2D eigenvalue weighted by Crippen LogP contribution is 2.18. The highest BCUT2D eigenvalue weighted by atomic mass is 16.2. The molecule has 1 fully saturated rings. The van der Waals surface area contributed by atoms with Crippen LogP contribution in [-0.4, -0.2) is 49.0 Å². The minimum Gasteiger partial charge on any atom is -0.357 e. The zero-order chi connectivity index (χ0) is 15.9. The summed E-state index contributed by atoms with van der Waals surface area (Å²) in [5, 5.41) is 11.6. The lowest BCUT2D eigenvalue weighted by Gasteiger charge is -2.20. The van der Waals surface area contributed by atoms with Crippen molar-refractivity contribution in [1.29, 1.82) is 0 Å². The van der Waals surface area contributed by atoms with Gasteiger partial charge in [-0.05, 0) is 40.5 Å². The number of guanidine groups is 1. The fourth-order valence-corrected chi connectivity index (χ4v) is 1.62. The van der Waals surface area contributed by atoms with Crippen LogP contribution in [0.15, 0.2) is 4.99 Å². The first-order valence-corrected chi connectivity index (χ1v) is 7.42. The van der Waals surface area contributed by atoms with Crippen molar-refractivity contribution in [1.82, 2.24) is 21.3 Å². The number of amides is 2. The van der Waals surface area contributed by atoms with E-state index in [9.17, 15) is 9.59 Å². The number of nitrogens with zero attached hydrogens (tertiary/aromatic N) is 1. The molecule has 21 heavy (non-hydrogen) atoms. The van der Waals surface area contributed by atoms with Gasteiger partial charge in [0.25, 0.3) is 0 Å². The highest BCUT2D eigenvalue weighted by molar-refractivity contribution is 5.88. The van der Waals surface area contributed by atoms with E-state index in [2.05, 4.69) is 26.3 Å². The lowest BCUT2D eigenvalue weighted by Crippen LogP contribution is -2.45. The van der Waals surface area contributed by atoms with Gasteiger partial charge in [-0.1, -0.05) is 0 Å². The largest absolute Gasteiger partial charge is 0.357 e. The van der Waals surface area contributed by atoms with Crippen LogP contribution in [0.4, 0.5) is 0 Å². The lowest BCUT2D eigenvalue weighted by molar-refractivity contribution is -0.121. The smallest absolute Gasteiger partial charge is 0.242 e. The Morgan fingerprint density at radius 2 is 1.81 bits per heavy atom. The summed E-state index contributed by atoms with van der Waals surface area (Å²) in [7, 11) is 0. The van der Waals surface area contributed by atoms with Crippen LogP contribution in [-0.2, 0) is 9.59 Å². The standard InChI is InChI=1S/C14H27N5O2/c1-5-15-13(16-8-11(20)18-10-6-7-10)17-9-12(21)19-14(2,3)4/h10H,5-9H2,1-4H3,(H,18,20)(H,19,21)(H2,15,16,17). The molecule has 0 atom stereocenters. The van der Waals surface area contributed by atoms with Crippen molar-refractivity contribution in [3.8, 4) is 0 Å². The summed E-state index contributed by atoms with van der Waals surface area (Å²) in [4.78, 5) is 27.5. The van der Waals surface area contributed by atoms with Gasteiger partial charge in [-0.25, -0.2) is 4.99 Å². The van der Waals surface area contributed by atoms with Crippen molar-refractivity contribution in [3.05, 3.63) is 0 Å². The Morgan fingerprint density at radius 1 is 1.14 bits per heavy atom. The Kier molecular flexibility index (Phi) is 6.45. The molecule has 0 aliphatic heterocycles. The van der Waals surface area contributed by atoms with E-state index in [1.807, 2.05) is 27.7 Å². The topological polar surface area (TPSA) is 94.6 Å². The van der Waals surface area contributed by atoms with E-state index in [0.717, 1.165) is 12.8 Å². The van der Waals surface area contributed by atoms with E-state index in [4.69, 9.17) is 0 Å². The Labute approximate surface area is 126 Å². The summed E-state index contributed by atoms with van der Waals surface area (Å²) < 4.78 is 0. The van der Waals surface area contributed by atoms with Crippen molar-refractivity contribution in [2.24, 2.45) is 4.99 Å². The quantitative estimate of drug-likeness (QED) is 0.401. The van der Waals surface area contributed by atoms with Gasteiger partial charge in [0.15, 0.2) is 5.96 Å². The van der Waals surface area contributed by atoms with Crippen molar-refractivity contribution >= 4 is 17.8 Å². The van der Waals surface area contributed by atoms with Gasteiger partial charge >= 0.3 is 0 Å².